The van der Waals surface area contributed by atoms with Crippen molar-refractivity contribution in [2.24, 2.45) is 5.84 Å². The molecule has 0 fully saturated rings. The molecule has 2 aromatic rings. The molecule has 4 nitrogen and oxygen atoms in total. The number of benzene rings is 2. The first-order chi connectivity index (χ1) is 9.66. The smallest absolute Gasteiger partial charge is 0.234 e. The molecule has 0 saturated carbocycles. The highest BCUT2D eigenvalue weighted by atomic mass is 16.3. The fourth-order valence-electron chi connectivity index (χ4n) is 2.25. The second-order valence-corrected chi connectivity index (χ2v) is 4.66. The molecule has 0 spiro atoms. The molecule has 2 rings (SSSR count). The van der Waals surface area contributed by atoms with Gasteiger partial charge in [0.2, 0.25) is 5.91 Å². The Balaban J connectivity index is 2.36. The van der Waals surface area contributed by atoms with Crippen LogP contribution >= 0.6 is 0 Å². The highest BCUT2D eigenvalue weighted by molar-refractivity contribution is 5.75. The van der Waals surface area contributed by atoms with Gasteiger partial charge in [-0.3, -0.25) is 10.2 Å². The molecule has 0 aliphatic carbocycles. The zero-order valence-electron chi connectivity index (χ0n) is 11.1. The molecule has 0 aliphatic rings. The molecule has 0 bridgehead atoms. The Labute approximate surface area is 118 Å². The fraction of sp³-hybridized carbons (Fsp3) is 0.188. The third-order valence-corrected chi connectivity index (χ3v) is 3.38. The van der Waals surface area contributed by atoms with Crippen LogP contribution in [-0.4, -0.2) is 11.0 Å². The number of aliphatic hydroxyl groups is 1. The maximum Gasteiger partial charge on any atom is 0.234 e. The van der Waals surface area contributed by atoms with Crippen molar-refractivity contribution >= 4 is 5.91 Å². The number of hydrogen-bond donors (Lipinski definition) is 3. The maximum atomic E-state index is 11.4. The van der Waals surface area contributed by atoms with Crippen molar-refractivity contribution in [3.8, 4) is 0 Å². The van der Waals surface area contributed by atoms with E-state index in [1.165, 1.54) is 0 Å². The average Bonchev–Trinajstić information content (AvgIpc) is 2.54. The summed E-state index contributed by atoms with van der Waals surface area (Å²) in [6, 6.07) is 18.7. The lowest BCUT2D eigenvalue weighted by Gasteiger charge is -2.29. The summed E-state index contributed by atoms with van der Waals surface area (Å²) in [5, 5.41) is 11.1. The first-order valence-electron chi connectivity index (χ1n) is 6.49. The van der Waals surface area contributed by atoms with E-state index in [2.05, 4.69) is 5.43 Å². The summed E-state index contributed by atoms with van der Waals surface area (Å²) in [5.41, 5.74) is 2.41. The summed E-state index contributed by atoms with van der Waals surface area (Å²) in [4.78, 5) is 11.4. The van der Waals surface area contributed by atoms with Gasteiger partial charge in [0.15, 0.2) is 0 Å². The van der Waals surface area contributed by atoms with Crippen molar-refractivity contribution in [2.45, 2.75) is 18.4 Å². The highest BCUT2D eigenvalue weighted by Crippen LogP contribution is 2.33. The van der Waals surface area contributed by atoms with Gasteiger partial charge in [-0.2, -0.15) is 0 Å². The van der Waals surface area contributed by atoms with Crippen LogP contribution in [0.2, 0.25) is 0 Å². The number of rotatable bonds is 5. The molecular formula is C16H18N2O2. The molecule has 0 aliphatic heterocycles. The van der Waals surface area contributed by atoms with Crippen molar-refractivity contribution in [3.63, 3.8) is 0 Å². The van der Waals surface area contributed by atoms with Crippen LogP contribution in [-0.2, 0) is 10.4 Å². The average molecular weight is 270 g/mol. The predicted octanol–water partition coefficient (Wildman–Crippen LogP) is 1.69. The molecule has 0 radical (unpaired) electrons. The third kappa shape index (κ3) is 3.04. The largest absolute Gasteiger partial charge is 0.380 e. The summed E-state index contributed by atoms with van der Waals surface area (Å²) in [7, 11) is 0. The van der Waals surface area contributed by atoms with Gasteiger partial charge in [-0.25, -0.2) is 5.84 Å². The minimum Gasteiger partial charge on any atom is -0.380 e. The van der Waals surface area contributed by atoms with Gasteiger partial charge >= 0.3 is 0 Å². The number of hydrazine groups is 1. The summed E-state index contributed by atoms with van der Waals surface area (Å²) >= 11 is 0. The Bertz CT molecular complexity index is 516. The van der Waals surface area contributed by atoms with Crippen molar-refractivity contribution in [1.29, 1.82) is 0 Å². The molecule has 0 heterocycles. The van der Waals surface area contributed by atoms with Crippen molar-refractivity contribution in [2.75, 3.05) is 0 Å². The Kier molecular flexibility index (Phi) is 4.50. The Morgan fingerprint density at radius 3 is 1.85 bits per heavy atom. The predicted molar refractivity (Wildman–Crippen MR) is 77.4 cm³/mol. The van der Waals surface area contributed by atoms with Crippen LogP contribution in [0, 0.1) is 0 Å². The molecule has 0 unspecified atom stereocenters. The first-order valence-corrected chi connectivity index (χ1v) is 6.49. The molecule has 4 heteroatoms. The number of nitrogens with one attached hydrogen (secondary N) is 1. The van der Waals surface area contributed by atoms with Crippen LogP contribution in [0.3, 0.4) is 0 Å². The van der Waals surface area contributed by atoms with Gasteiger partial charge in [-0.05, 0) is 17.5 Å². The SMILES string of the molecule is NNC(=O)CCC(O)(c1ccccc1)c1ccccc1. The molecular weight excluding hydrogens is 252 g/mol. The summed E-state index contributed by atoms with van der Waals surface area (Å²) < 4.78 is 0. The summed E-state index contributed by atoms with van der Waals surface area (Å²) in [6.07, 6.45) is 0.418. The Hall–Kier alpha value is -2.17. The Morgan fingerprint density at radius 1 is 1.00 bits per heavy atom. The number of nitrogens with two attached hydrogens (primary N) is 1. The number of hydrogen-bond acceptors (Lipinski definition) is 3. The van der Waals surface area contributed by atoms with E-state index in [4.69, 9.17) is 5.84 Å². The lowest BCUT2D eigenvalue weighted by Crippen LogP contribution is -2.34. The quantitative estimate of drug-likeness (QED) is 0.439. The van der Waals surface area contributed by atoms with E-state index in [0.717, 1.165) is 11.1 Å². The molecule has 0 saturated heterocycles. The van der Waals surface area contributed by atoms with Crippen molar-refractivity contribution in [3.05, 3.63) is 71.8 Å². The zero-order valence-corrected chi connectivity index (χ0v) is 11.1. The van der Waals surface area contributed by atoms with E-state index >= 15 is 0 Å². The van der Waals surface area contributed by atoms with Gasteiger partial charge in [-0.1, -0.05) is 60.7 Å². The minimum atomic E-state index is -1.20. The van der Waals surface area contributed by atoms with E-state index < -0.39 is 5.60 Å². The van der Waals surface area contributed by atoms with Crippen LogP contribution in [0.25, 0.3) is 0 Å². The lowest BCUT2D eigenvalue weighted by molar-refractivity contribution is -0.122. The number of carbonyl (C=O) groups excluding carboxylic acids is 1. The molecule has 0 atom stereocenters. The molecule has 20 heavy (non-hydrogen) atoms. The molecule has 1 amide bonds. The monoisotopic (exact) mass is 270 g/mol. The molecule has 4 N–H and O–H groups in total. The molecule has 104 valence electrons. The van der Waals surface area contributed by atoms with Crippen LogP contribution in [0.4, 0.5) is 0 Å². The fourth-order valence-corrected chi connectivity index (χ4v) is 2.25. The van der Waals surface area contributed by atoms with Gasteiger partial charge in [0.1, 0.15) is 5.60 Å². The minimum absolute atomic E-state index is 0.150. The number of carbonyl (C=O) groups is 1. The molecule has 2 aromatic carbocycles. The van der Waals surface area contributed by atoms with E-state index in [9.17, 15) is 9.90 Å². The van der Waals surface area contributed by atoms with E-state index in [1.54, 1.807) is 0 Å². The van der Waals surface area contributed by atoms with Crippen molar-refractivity contribution in [1.82, 2.24) is 5.43 Å². The summed E-state index contributed by atoms with van der Waals surface area (Å²) in [6.45, 7) is 0. The topological polar surface area (TPSA) is 75.3 Å². The standard InChI is InChI=1S/C16H18N2O2/c17-18-15(19)11-12-16(20,13-7-3-1-4-8-13)14-9-5-2-6-10-14/h1-10,20H,11-12,17H2,(H,18,19). The second-order valence-electron chi connectivity index (χ2n) is 4.66. The van der Waals surface area contributed by atoms with Crippen LogP contribution in [0.1, 0.15) is 24.0 Å². The van der Waals surface area contributed by atoms with Crippen LogP contribution < -0.4 is 11.3 Å². The van der Waals surface area contributed by atoms with E-state index in [0.29, 0.717) is 0 Å². The zero-order chi connectivity index (χ0) is 14.4. The Morgan fingerprint density at radius 2 is 1.45 bits per heavy atom. The van der Waals surface area contributed by atoms with Gasteiger partial charge < -0.3 is 5.11 Å². The third-order valence-electron chi connectivity index (χ3n) is 3.38. The van der Waals surface area contributed by atoms with Gasteiger partial charge in [0.05, 0.1) is 0 Å². The maximum absolute atomic E-state index is 11.4. The molecule has 0 aromatic heterocycles. The van der Waals surface area contributed by atoms with Crippen LogP contribution in [0.5, 0.6) is 0 Å². The van der Waals surface area contributed by atoms with E-state index in [1.807, 2.05) is 60.7 Å². The summed E-state index contributed by atoms with van der Waals surface area (Å²) in [5.74, 6) is 4.80. The van der Waals surface area contributed by atoms with Crippen molar-refractivity contribution < 1.29 is 9.90 Å². The number of amides is 1. The van der Waals surface area contributed by atoms with Crippen LogP contribution in [0.15, 0.2) is 60.7 Å². The second kappa shape index (κ2) is 6.32. The lowest BCUT2D eigenvalue weighted by atomic mass is 9.82. The normalized spacial score (nSPS) is 11.1. The van der Waals surface area contributed by atoms with E-state index in [-0.39, 0.29) is 18.7 Å². The van der Waals surface area contributed by atoms with Gasteiger partial charge in [-0.15, -0.1) is 0 Å². The highest BCUT2D eigenvalue weighted by Gasteiger charge is 2.31. The van der Waals surface area contributed by atoms with Gasteiger partial charge in [0, 0.05) is 6.42 Å². The first kappa shape index (κ1) is 14.2. The van der Waals surface area contributed by atoms with Gasteiger partial charge in [0.25, 0.3) is 0 Å².